The van der Waals surface area contributed by atoms with Gasteiger partial charge in [-0.25, -0.2) is 9.97 Å². The SMILES string of the molecule is C[C@H]1C[C@H]1C(=O)NCc1cccnc1-n1ccnc1. The normalized spacial score (nSPS) is 21.1. The van der Waals surface area contributed by atoms with Crippen molar-refractivity contribution in [2.24, 2.45) is 11.8 Å². The van der Waals surface area contributed by atoms with Crippen molar-refractivity contribution in [1.82, 2.24) is 19.9 Å². The van der Waals surface area contributed by atoms with Crippen molar-refractivity contribution in [2.75, 3.05) is 0 Å². The minimum absolute atomic E-state index is 0.146. The van der Waals surface area contributed by atoms with E-state index in [0.717, 1.165) is 17.8 Å². The van der Waals surface area contributed by atoms with Crippen LogP contribution < -0.4 is 5.32 Å². The molecule has 2 aromatic heterocycles. The highest BCUT2D eigenvalue weighted by molar-refractivity contribution is 5.81. The predicted octanol–water partition coefficient (Wildman–Crippen LogP) is 1.54. The van der Waals surface area contributed by atoms with E-state index in [9.17, 15) is 4.79 Å². The molecule has 3 rings (SSSR count). The summed E-state index contributed by atoms with van der Waals surface area (Å²) in [5.74, 6) is 1.69. The average Bonchev–Trinajstić information content (AvgIpc) is 2.94. The smallest absolute Gasteiger partial charge is 0.223 e. The van der Waals surface area contributed by atoms with Gasteiger partial charge in [0.2, 0.25) is 5.91 Å². The lowest BCUT2D eigenvalue weighted by Crippen LogP contribution is -2.25. The Morgan fingerprint density at radius 2 is 2.37 bits per heavy atom. The number of imidazole rings is 1. The molecular weight excluding hydrogens is 240 g/mol. The Balaban J connectivity index is 1.72. The van der Waals surface area contributed by atoms with Crippen LogP contribution in [0.25, 0.3) is 5.82 Å². The molecule has 19 heavy (non-hydrogen) atoms. The van der Waals surface area contributed by atoms with Gasteiger partial charge < -0.3 is 5.32 Å². The molecule has 1 aliphatic carbocycles. The van der Waals surface area contributed by atoms with Crippen molar-refractivity contribution in [3.63, 3.8) is 0 Å². The first-order valence-corrected chi connectivity index (χ1v) is 6.45. The minimum atomic E-state index is 0.146. The summed E-state index contributed by atoms with van der Waals surface area (Å²) in [4.78, 5) is 20.2. The first-order chi connectivity index (χ1) is 9.25. The number of rotatable bonds is 4. The molecule has 0 spiro atoms. The second-order valence-electron chi connectivity index (χ2n) is 4.99. The third kappa shape index (κ3) is 2.50. The summed E-state index contributed by atoms with van der Waals surface area (Å²) < 4.78 is 1.85. The van der Waals surface area contributed by atoms with Crippen LogP contribution in [0.3, 0.4) is 0 Å². The quantitative estimate of drug-likeness (QED) is 0.902. The number of carbonyl (C=O) groups excluding carboxylic acids is 1. The van der Waals surface area contributed by atoms with Gasteiger partial charge in [-0.05, 0) is 18.4 Å². The van der Waals surface area contributed by atoms with Gasteiger partial charge in [-0.3, -0.25) is 9.36 Å². The Labute approximate surface area is 111 Å². The minimum Gasteiger partial charge on any atom is -0.352 e. The molecule has 5 heteroatoms. The van der Waals surface area contributed by atoms with Crippen molar-refractivity contribution >= 4 is 5.91 Å². The Bertz CT molecular complexity index is 579. The van der Waals surface area contributed by atoms with Crippen molar-refractivity contribution in [2.45, 2.75) is 19.9 Å². The summed E-state index contributed by atoms with van der Waals surface area (Å²) in [5.41, 5.74) is 0.988. The number of nitrogens with zero attached hydrogens (tertiary/aromatic N) is 3. The molecule has 0 aliphatic heterocycles. The molecule has 1 fully saturated rings. The van der Waals surface area contributed by atoms with Gasteiger partial charge in [-0.15, -0.1) is 0 Å². The van der Waals surface area contributed by atoms with Gasteiger partial charge in [0.05, 0.1) is 0 Å². The van der Waals surface area contributed by atoms with Crippen LogP contribution in [0.1, 0.15) is 18.9 Å². The fourth-order valence-electron chi connectivity index (χ4n) is 2.19. The van der Waals surface area contributed by atoms with E-state index >= 15 is 0 Å². The average molecular weight is 256 g/mol. The maximum absolute atomic E-state index is 11.8. The van der Waals surface area contributed by atoms with Crippen LogP contribution in [0.15, 0.2) is 37.1 Å². The molecule has 1 N–H and O–H groups in total. The molecule has 1 aliphatic rings. The summed E-state index contributed by atoms with van der Waals surface area (Å²) in [7, 11) is 0. The lowest BCUT2D eigenvalue weighted by Gasteiger charge is -2.09. The highest BCUT2D eigenvalue weighted by Gasteiger charge is 2.38. The largest absolute Gasteiger partial charge is 0.352 e. The highest BCUT2D eigenvalue weighted by Crippen LogP contribution is 2.37. The second kappa shape index (κ2) is 4.84. The van der Waals surface area contributed by atoms with Crippen LogP contribution in [0.4, 0.5) is 0 Å². The monoisotopic (exact) mass is 256 g/mol. The molecule has 2 atom stereocenters. The van der Waals surface area contributed by atoms with Crippen LogP contribution in [-0.4, -0.2) is 20.4 Å². The van der Waals surface area contributed by atoms with E-state index in [-0.39, 0.29) is 11.8 Å². The summed E-state index contributed by atoms with van der Waals surface area (Å²) >= 11 is 0. The summed E-state index contributed by atoms with van der Waals surface area (Å²) in [6, 6.07) is 3.85. The number of aromatic nitrogens is 3. The van der Waals surface area contributed by atoms with Crippen molar-refractivity contribution in [3.05, 3.63) is 42.6 Å². The highest BCUT2D eigenvalue weighted by atomic mass is 16.2. The number of hydrogen-bond donors (Lipinski definition) is 1. The fraction of sp³-hybridized carbons (Fsp3) is 0.357. The first-order valence-electron chi connectivity index (χ1n) is 6.45. The predicted molar refractivity (Wildman–Crippen MR) is 70.5 cm³/mol. The van der Waals surface area contributed by atoms with Crippen molar-refractivity contribution in [3.8, 4) is 5.82 Å². The zero-order valence-electron chi connectivity index (χ0n) is 10.8. The summed E-state index contributed by atoms with van der Waals surface area (Å²) in [6.45, 7) is 2.61. The Morgan fingerprint density at radius 1 is 1.53 bits per heavy atom. The molecular formula is C14H16N4O. The maximum atomic E-state index is 11.8. The standard InChI is InChI=1S/C14H16N4O/c1-10-7-12(10)14(19)17-8-11-3-2-4-16-13(11)18-6-5-15-9-18/h2-6,9-10,12H,7-8H2,1H3,(H,17,19)/t10-,12+/m0/s1. The molecule has 0 saturated heterocycles. The second-order valence-corrected chi connectivity index (χ2v) is 4.99. The van der Waals surface area contributed by atoms with E-state index in [4.69, 9.17) is 0 Å². The molecule has 0 aromatic carbocycles. The number of pyridine rings is 1. The van der Waals surface area contributed by atoms with E-state index in [1.807, 2.05) is 22.9 Å². The van der Waals surface area contributed by atoms with Crippen LogP contribution >= 0.6 is 0 Å². The molecule has 0 unspecified atom stereocenters. The molecule has 1 amide bonds. The summed E-state index contributed by atoms with van der Waals surface area (Å²) in [6.07, 6.45) is 8.01. The van der Waals surface area contributed by atoms with Crippen LogP contribution in [0.5, 0.6) is 0 Å². The molecule has 0 bridgehead atoms. The van der Waals surface area contributed by atoms with E-state index in [1.165, 1.54) is 0 Å². The van der Waals surface area contributed by atoms with E-state index in [1.54, 1.807) is 18.7 Å². The van der Waals surface area contributed by atoms with E-state index < -0.39 is 0 Å². The van der Waals surface area contributed by atoms with E-state index in [0.29, 0.717) is 12.5 Å². The Kier molecular flexibility index (Phi) is 3.03. The van der Waals surface area contributed by atoms with Crippen molar-refractivity contribution < 1.29 is 4.79 Å². The van der Waals surface area contributed by atoms with Crippen molar-refractivity contribution in [1.29, 1.82) is 0 Å². The van der Waals surface area contributed by atoms with Crippen LogP contribution in [0, 0.1) is 11.8 Å². The molecule has 5 nitrogen and oxygen atoms in total. The third-order valence-electron chi connectivity index (χ3n) is 3.52. The number of carbonyl (C=O) groups is 1. The van der Waals surface area contributed by atoms with E-state index in [2.05, 4.69) is 22.2 Å². The van der Waals surface area contributed by atoms with Gasteiger partial charge in [0.25, 0.3) is 0 Å². The van der Waals surface area contributed by atoms with Gasteiger partial charge in [0, 0.05) is 36.6 Å². The van der Waals surface area contributed by atoms with Crippen LogP contribution in [0.2, 0.25) is 0 Å². The Hall–Kier alpha value is -2.17. The number of amides is 1. The molecule has 1 saturated carbocycles. The zero-order valence-corrected chi connectivity index (χ0v) is 10.8. The van der Waals surface area contributed by atoms with Gasteiger partial charge >= 0.3 is 0 Å². The first kappa shape index (κ1) is 11.9. The summed E-state index contributed by atoms with van der Waals surface area (Å²) in [5, 5.41) is 2.98. The van der Waals surface area contributed by atoms with Gasteiger partial charge in [-0.2, -0.15) is 0 Å². The number of nitrogens with one attached hydrogen (secondary N) is 1. The van der Waals surface area contributed by atoms with Gasteiger partial charge in [-0.1, -0.05) is 13.0 Å². The fourth-order valence-corrected chi connectivity index (χ4v) is 2.19. The molecule has 2 aromatic rings. The number of hydrogen-bond acceptors (Lipinski definition) is 3. The van der Waals surface area contributed by atoms with Crippen LogP contribution in [-0.2, 0) is 11.3 Å². The van der Waals surface area contributed by atoms with Gasteiger partial charge in [0.1, 0.15) is 12.1 Å². The topological polar surface area (TPSA) is 59.8 Å². The third-order valence-corrected chi connectivity index (χ3v) is 3.52. The Morgan fingerprint density at radius 3 is 3.05 bits per heavy atom. The zero-order chi connectivity index (χ0) is 13.2. The molecule has 2 heterocycles. The van der Waals surface area contributed by atoms with Gasteiger partial charge in [0.15, 0.2) is 0 Å². The maximum Gasteiger partial charge on any atom is 0.223 e. The molecule has 98 valence electrons. The lowest BCUT2D eigenvalue weighted by atomic mass is 10.2. The lowest BCUT2D eigenvalue weighted by molar-refractivity contribution is -0.122. The molecule has 0 radical (unpaired) electrons.